The molecule has 4 heteroatoms. The van der Waals surface area contributed by atoms with Gasteiger partial charge in [-0.15, -0.1) is 0 Å². The number of unbranched alkanes of at least 4 members (excludes halogenated alkanes) is 2. The molecule has 3 aromatic rings. The summed E-state index contributed by atoms with van der Waals surface area (Å²) < 4.78 is 12.7. The lowest BCUT2D eigenvalue weighted by Gasteiger charge is -2.37. The van der Waals surface area contributed by atoms with E-state index in [4.69, 9.17) is 9.47 Å². The van der Waals surface area contributed by atoms with Gasteiger partial charge in [-0.3, -0.25) is 0 Å². The average molecular weight is 442 g/mol. The van der Waals surface area contributed by atoms with Gasteiger partial charge in [-0.1, -0.05) is 57.0 Å². The first-order valence-corrected chi connectivity index (χ1v) is 12.1. The van der Waals surface area contributed by atoms with Gasteiger partial charge in [-0.2, -0.15) is 0 Å². The first-order chi connectivity index (χ1) is 16.1. The van der Waals surface area contributed by atoms with Gasteiger partial charge in [0.25, 0.3) is 0 Å². The molecule has 0 amide bonds. The maximum Gasteiger partial charge on any atom is 0.340 e. The number of ether oxygens (including phenoxy) is 2. The second kappa shape index (κ2) is 8.58. The summed E-state index contributed by atoms with van der Waals surface area (Å²) in [7, 11) is 0. The molecule has 170 valence electrons. The summed E-state index contributed by atoms with van der Waals surface area (Å²) in [6.07, 6.45) is 4.62. The van der Waals surface area contributed by atoms with E-state index >= 15 is 0 Å². The van der Waals surface area contributed by atoms with Crippen LogP contribution in [0.2, 0.25) is 0 Å². The first-order valence-electron chi connectivity index (χ1n) is 12.1. The van der Waals surface area contributed by atoms with Crippen LogP contribution < -0.4 is 9.64 Å². The second-order valence-corrected chi connectivity index (χ2v) is 9.09. The lowest BCUT2D eigenvalue weighted by molar-refractivity contribution is 0.0224. The average Bonchev–Trinajstić information content (AvgIpc) is 3.12. The predicted molar refractivity (Wildman–Crippen MR) is 131 cm³/mol. The summed E-state index contributed by atoms with van der Waals surface area (Å²) >= 11 is 0. The Morgan fingerprint density at radius 3 is 2.21 bits per heavy atom. The number of hydrogen-bond donors (Lipinski definition) is 0. The molecule has 1 spiro atoms. The summed E-state index contributed by atoms with van der Waals surface area (Å²) in [6, 6.07) is 20.2. The number of carbonyl (C=O) groups is 1. The van der Waals surface area contributed by atoms with Crippen LogP contribution in [0, 0.1) is 6.92 Å². The Morgan fingerprint density at radius 1 is 0.818 bits per heavy atom. The van der Waals surface area contributed by atoms with Crippen molar-refractivity contribution in [3.05, 3.63) is 88.5 Å². The van der Waals surface area contributed by atoms with Crippen molar-refractivity contribution in [1.29, 1.82) is 0 Å². The molecule has 0 aliphatic carbocycles. The molecule has 4 nitrogen and oxygen atoms in total. The number of esters is 1. The van der Waals surface area contributed by atoms with E-state index in [9.17, 15) is 4.79 Å². The first kappa shape index (κ1) is 21.6. The SMILES string of the molecule is CCCCN(CCCC)c1ccc2c(c1)Oc1cc(C)ccc1C21OC(=O)c2ccccc21. The van der Waals surface area contributed by atoms with E-state index in [2.05, 4.69) is 43.0 Å². The van der Waals surface area contributed by atoms with Crippen LogP contribution in [0.5, 0.6) is 11.5 Å². The molecule has 2 heterocycles. The van der Waals surface area contributed by atoms with Crippen LogP contribution in [-0.4, -0.2) is 19.1 Å². The van der Waals surface area contributed by atoms with E-state index in [0.717, 1.165) is 78.2 Å². The molecule has 0 saturated heterocycles. The number of aryl methyl sites for hydroxylation is 1. The van der Waals surface area contributed by atoms with Gasteiger partial charge in [0.2, 0.25) is 0 Å². The van der Waals surface area contributed by atoms with Gasteiger partial charge in [0.05, 0.1) is 5.56 Å². The molecular formula is C29H31NO3. The quantitative estimate of drug-likeness (QED) is 0.371. The third kappa shape index (κ3) is 3.49. The Labute approximate surface area is 196 Å². The van der Waals surface area contributed by atoms with Gasteiger partial charge in [-0.25, -0.2) is 4.79 Å². The molecule has 0 fully saturated rings. The molecule has 2 aliphatic heterocycles. The molecular weight excluding hydrogens is 410 g/mol. The molecule has 1 unspecified atom stereocenters. The molecule has 1 atom stereocenters. The second-order valence-electron chi connectivity index (χ2n) is 9.09. The smallest absolute Gasteiger partial charge is 0.340 e. The van der Waals surface area contributed by atoms with E-state index in [-0.39, 0.29) is 5.97 Å². The van der Waals surface area contributed by atoms with Crippen LogP contribution in [0.4, 0.5) is 5.69 Å². The number of anilines is 1. The molecule has 2 aliphatic rings. The standard InChI is InChI=1S/C29H31NO3/c1-4-6-16-30(17-7-5-2)21-13-15-25-27(19-21)32-26-18-20(3)12-14-24(26)29(25)23-11-9-8-10-22(23)28(31)33-29/h8-15,18-19H,4-7,16-17H2,1-3H3. The number of benzene rings is 3. The minimum absolute atomic E-state index is 0.290. The highest BCUT2D eigenvalue weighted by molar-refractivity contribution is 5.97. The van der Waals surface area contributed by atoms with Crippen LogP contribution in [0.3, 0.4) is 0 Å². The zero-order valence-corrected chi connectivity index (χ0v) is 19.7. The van der Waals surface area contributed by atoms with Crippen LogP contribution in [0.25, 0.3) is 0 Å². The fourth-order valence-corrected chi connectivity index (χ4v) is 5.04. The van der Waals surface area contributed by atoms with Gasteiger partial charge in [0.15, 0.2) is 5.60 Å². The number of fused-ring (bicyclic) bond motifs is 6. The maximum atomic E-state index is 13.0. The molecule has 0 radical (unpaired) electrons. The van der Waals surface area contributed by atoms with Crippen molar-refractivity contribution in [2.75, 3.05) is 18.0 Å². The van der Waals surface area contributed by atoms with Crippen molar-refractivity contribution in [3.8, 4) is 11.5 Å². The maximum absolute atomic E-state index is 13.0. The van der Waals surface area contributed by atoms with E-state index in [1.165, 1.54) is 0 Å². The summed E-state index contributed by atoms with van der Waals surface area (Å²) in [6.45, 7) is 8.54. The van der Waals surface area contributed by atoms with Crippen molar-refractivity contribution < 1.29 is 14.3 Å². The van der Waals surface area contributed by atoms with Crippen molar-refractivity contribution in [1.82, 2.24) is 0 Å². The Kier molecular flexibility index (Phi) is 5.61. The van der Waals surface area contributed by atoms with E-state index < -0.39 is 5.60 Å². The highest BCUT2D eigenvalue weighted by atomic mass is 16.6. The largest absolute Gasteiger partial charge is 0.456 e. The van der Waals surface area contributed by atoms with Gasteiger partial charge < -0.3 is 14.4 Å². The number of carbonyl (C=O) groups excluding carboxylic acids is 1. The highest BCUT2D eigenvalue weighted by Gasteiger charge is 2.53. The van der Waals surface area contributed by atoms with E-state index in [0.29, 0.717) is 5.56 Å². The molecule has 33 heavy (non-hydrogen) atoms. The third-order valence-electron chi connectivity index (χ3n) is 6.78. The summed E-state index contributed by atoms with van der Waals surface area (Å²) in [5.41, 5.74) is 4.53. The Bertz CT molecular complexity index is 1190. The summed E-state index contributed by atoms with van der Waals surface area (Å²) in [5.74, 6) is 1.22. The van der Waals surface area contributed by atoms with Crippen molar-refractivity contribution in [2.24, 2.45) is 0 Å². The predicted octanol–water partition coefficient (Wildman–Crippen LogP) is 6.97. The van der Waals surface area contributed by atoms with Crippen LogP contribution >= 0.6 is 0 Å². The van der Waals surface area contributed by atoms with Gasteiger partial charge in [-0.05, 0) is 49.6 Å². The summed E-state index contributed by atoms with van der Waals surface area (Å²) in [4.78, 5) is 15.4. The van der Waals surface area contributed by atoms with Crippen molar-refractivity contribution in [3.63, 3.8) is 0 Å². The molecule has 5 rings (SSSR count). The van der Waals surface area contributed by atoms with Crippen LogP contribution in [0.1, 0.15) is 72.1 Å². The van der Waals surface area contributed by atoms with E-state index in [1.807, 2.05) is 43.3 Å². The number of nitrogens with zero attached hydrogens (tertiary/aromatic N) is 1. The lowest BCUT2D eigenvalue weighted by Crippen LogP contribution is -2.33. The lowest BCUT2D eigenvalue weighted by atomic mass is 9.77. The monoisotopic (exact) mass is 441 g/mol. The Morgan fingerprint density at radius 2 is 1.48 bits per heavy atom. The Hall–Kier alpha value is -3.27. The van der Waals surface area contributed by atoms with Gasteiger partial charge in [0.1, 0.15) is 11.5 Å². The molecule has 0 bridgehead atoms. The minimum Gasteiger partial charge on any atom is -0.456 e. The molecule has 3 aromatic carbocycles. The highest BCUT2D eigenvalue weighted by Crippen LogP contribution is 2.56. The van der Waals surface area contributed by atoms with Crippen molar-refractivity contribution in [2.45, 2.75) is 52.1 Å². The van der Waals surface area contributed by atoms with Crippen LogP contribution in [-0.2, 0) is 10.3 Å². The number of rotatable bonds is 7. The third-order valence-corrected chi connectivity index (χ3v) is 6.78. The topological polar surface area (TPSA) is 38.8 Å². The fraction of sp³-hybridized carbons (Fsp3) is 0.345. The van der Waals surface area contributed by atoms with Gasteiger partial charge >= 0.3 is 5.97 Å². The van der Waals surface area contributed by atoms with Gasteiger partial charge in [0, 0.05) is 41.5 Å². The van der Waals surface area contributed by atoms with E-state index in [1.54, 1.807) is 0 Å². The summed E-state index contributed by atoms with van der Waals surface area (Å²) in [5, 5.41) is 0. The Balaban J connectivity index is 1.68. The number of hydrogen-bond acceptors (Lipinski definition) is 4. The molecule has 0 saturated carbocycles. The van der Waals surface area contributed by atoms with Crippen LogP contribution in [0.15, 0.2) is 60.7 Å². The zero-order valence-electron chi connectivity index (χ0n) is 19.7. The fourth-order valence-electron chi connectivity index (χ4n) is 5.04. The normalized spacial score (nSPS) is 17.7. The zero-order chi connectivity index (χ0) is 23.0. The minimum atomic E-state index is -0.986. The molecule has 0 aromatic heterocycles. The van der Waals surface area contributed by atoms with Crippen molar-refractivity contribution >= 4 is 11.7 Å². The molecule has 0 N–H and O–H groups in total.